The predicted octanol–water partition coefficient (Wildman–Crippen LogP) is 6.10. The smallest absolute Gasteiger partial charge is 0.264 e. The van der Waals surface area contributed by atoms with Crippen molar-refractivity contribution in [2.75, 3.05) is 44.7 Å². The molecule has 2 fully saturated rings. The number of nitrogens with zero attached hydrogens (tertiary/aromatic N) is 2. The van der Waals surface area contributed by atoms with E-state index in [-0.39, 0.29) is 54.8 Å². The molecule has 294 valence electrons. The van der Waals surface area contributed by atoms with Gasteiger partial charge in [0.1, 0.15) is 17.2 Å². The van der Waals surface area contributed by atoms with Gasteiger partial charge >= 0.3 is 0 Å². The van der Waals surface area contributed by atoms with Crippen LogP contribution in [0.25, 0.3) is 0 Å². The van der Waals surface area contributed by atoms with Gasteiger partial charge in [0, 0.05) is 29.3 Å². The Kier molecular flexibility index (Phi) is 11.0. The predicted molar refractivity (Wildman–Crippen MR) is 218 cm³/mol. The zero-order valence-corrected chi connectivity index (χ0v) is 33.9. The molecule has 3 aliphatic heterocycles. The molecule has 0 radical (unpaired) electrons. The van der Waals surface area contributed by atoms with E-state index in [1.807, 2.05) is 54.6 Å². The molecule has 12 heteroatoms. The van der Waals surface area contributed by atoms with Crippen LogP contribution in [0.15, 0.2) is 91.0 Å². The maximum atomic E-state index is 15.3. The second kappa shape index (κ2) is 15.8. The Balaban J connectivity index is 1.22. The summed E-state index contributed by atoms with van der Waals surface area (Å²) in [5.74, 6) is 1.24. The summed E-state index contributed by atoms with van der Waals surface area (Å²) in [6.45, 7) is 7.47. The number of rotatable bonds is 12. The number of hydrogen-bond acceptors (Lipinski definition) is 8. The molecule has 3 amide bonds. The number of aliphatic hydroxyl groups excluding tert-OH is 1. The van der Waals surface area contributed by atoms with Crippen LogP contribution in [0.4, 0.5) is 11.4 Å². The minimum absolute atomic E-state index is 0.0623. The summed E-state index contributed by atoms with van der Waals surface area (Å²) in [4.78, 5) is 45.9. The molecule has 0 unspecified atom stereocenters. The average Bonchev–Trinajstić information content (AvgIpc) is 3.88. The fourth-order valence-corrected chi connectivity index (χ4v) is 13.3. The van der Waals surface area contributed by atoms with Gasteiger partial charge in [0.15, 0.2) is 5.60 Å². The number of amides is 3. The second-order valence-electron chi connectivity index (χ2n) is 15.6. The van der Waals surface area contributed by atoms with Crippen molar-refractivity contribution < 1.29 is 38.4 Å². The van der Waals surface area contributed by atoms with Gasteiger partial charge in [-0.3, -0.25) is 14.4 Å². The molecule has 2 saturated heterocycles. The van der Waals surface area contributed by atoms with Crippen LogP contribution >= 0.6 is 0 Å². The molecule has 3 aliphatic rings. The average molecular weight is 778 g/mol. The fourth-order valence-electron chi connectivity index (χ4n) is 9.24. The van der Waals surface area contributed by atoms with Crippen LogP contribution in [0, 0.1) is 5.92 Å². The standard InChI is InChI=1S/C44H51N3O8Si/c1-28-41(56(5,6)36-20-17-34(53-3)18-21-36)39(25-40(49)46-23-7-8-32(46)27-48)55-44(28)37-24-35(54-4)19-22-38(37)47(43(44)51)26-29-9-13-31(14-10-29)45-42(50)30-11-15-33(52-2)16-12-30/h9-22,24,28,32,39,41,48H,7-8,23,25-27H2,1-6H3,(H,45,50)/t28-,32+,39+,41-,44+/m1/s1. The van der Waals surface area contributed by atoms with E-state index in [0.29, 0.717) is 29.3 Å². The molecule has 7 rings (SSSR count). The van der Waals surface area contributed by atoms with Crippen LogP contribution in [0.1, 0.15) is 47.7 Å². The van der Waals surface area contributed by atoms with Gasteiger partial charge in [-0.1, -0.05) is 49.5 Å². The Bertz CT molecular complexity index is 2070. The first kappa shape index (κ1) is 39.1. The highest BCUT2D eigenvalue weighted by Crippen LogP contribution is 2.60. The third kappa shape index (κ3) is 6.94. The minimum Gasteiger partial charge on any atom is -0.497 e. The van der Waals surface area contributed by atoms with Crippen LogP contribution in [0.5, 0.6) is 17.2 Å². The van der Waals surface area contributed by atoms with Crippen molar-refractivity contribution in [2.45, 2.75) is 69.1 Å². The largest absolute Gasteiger partial charge is 0.497 e. The zero-order chi connectivity index (χ0) is 39.8. The SMILES string of the molecule is COc1ccc(C(=O)Nc2ccc(CN3C(=O)[C@@]4(O[C@@H](CC(=O)N5CCC[C@H]5CO)[C@H]([Si](C)(C)c5ccc(OC)cc5)[C@H]4C)c4cc(OC)ccc43)cc2)cc1. The lowest BCUT2D eigenvalue weighted by molar-refractivity contribution is -0.150. The van der Waals surface area contributed by atoms with Crippen molar-refractivity contribution in [3.05, 3.63) is 108 Å². The Morgan fingerprint density at radius 3 is 2.14 bits per heavy atom. The van der Waals surface area contributed by atoms with Gasteiger partial charge in [0.25, 0.3) is 11.8 Å². The molecule has 4 aromatic carbocycles. The van der Waals surface area contributed by atoms with Gasteiger partial charge in [0.2, 0.25) is 5.91 Å². The highest BCUT2D eigenvalue weighted by atomic mass is 28.3. The Morgan fingerprint density at radius 1 is 0.893 bits per heavy atom. The summed E-state index contributed by atoms with van der Waals surface area (Å²) in [7, 11) is 2.34. The first-order valence-electron chi connectivity index (χ1n) is 19.2. The van der Waals surface area contributed by atoms with Gasteiger partial charge in [-0.05, 0) is 90.7 Å². The number of nitrogens with one attached hydrogen (secondary N) is 1. The van der Waals surface area contributed by atoms with Gasteiger partial charge in [-0.15, -0.1) is 0 Å². The molecule has 5 atom stereocenters. The summed E-state index contributed by atoms with van der Waals surface area (Å²) in [6, 6.07) is 28.0. The molecular formula is C44H51N3O8Si. The lowest BCUT2D eigenvalue weighted by Gasteiger charge is -2.37. The van der Waals surface area contributed by atoms with E-state index in [2.05, 4.69) is 37.5 Å². The first-order chi connectivity index (χ1) is 26.9. The maximum Gasteiger partial charge on any atom is 0.264 e. The van der Waals surface area contributed by atoms with E-state index in [0.717, 1.165) is 35.4 Å². The summed E-state index contributed by atoms with van der Waals surface area (Å²) in [5.41, 5.74) is 1.95. The van der Waals surface area contributed by atoms with Crippen LogP contribution in [0.2, 0.25) is 18.6 Å². The van der Waals surface area contributed by atoms with Crippen molar-refractivity contribution in [3.63, 3.8) is 0 Å². The van der Waals surface area contributed by atoms with E-state index in [4.69, 9.17) is 18.9 Å². The van der Waals surface area contributed by atoms with Crippen molar-refractivity contribution in [1.82, 2.24) is 4.90 Å². The van der Waals surface area contributed by atoms with E-state index in [1.165, 1.54) is 5.19 Å². The number of aliphatic hydroxyl groups is 1. The number of ether oxygens (including phenoxy) is 4. The van der Waals surface area contributed by atoms with Gasteiger partial charge in [0.05, 0.1) is 66.8 Å². The van der Waals surface area contributed by atoms with E-state index < -0.39 is 19.8 Å². The molecule has 0 bridgehead atoms. The van der Waals surface area contributed by atoms with Gasteiger partial charge in [-0.2, -0.15) is 0 Å². The maximum absolute atomic E-state index is 15.3. The van der Waals surface area contributed by atoms with Crippen LogP contribution in [0.3, 0.4) is 0 Å². The quantitative estimate of drug-likeness (QED) is 0.165. The number of fused-ring (bicyclic) bond motifs is 2. The molecule has 3 heterocycles. The van der Waals surface area contributed by atoms with Crippen LogP contribution in [-0.4, -0.2) is 82.4 Å². The molecule has 11 nitrogen and oxygen atoms in total. The van der Waals surface area contributed by atoms with Crippen molar-refractivity contribution in [3.8, 4) is 17.2 Å². The van der Waals surface area contributed by atoms with Crippen molar-refractivity contribution in [2.24, 2.45) is 5.92 Å². The molecule has 1 spiro atoms. The molecule has 4 aromatic rings. The lowest BCUT2D eigenvalue weighted by atomic mass is 9.82. The summed E-state index contributed by atoms with van der Waals surface area (Å²) in [6.07, 6.45) is 1.16. The number of anilines is 2. The number of carbonyl (C=O) groups is 3. The summed E-state index contributed by atoms with van der Waals surface area (Å²) < 4.78 is 23.6. The molecular weight excluding hydrogens is 727 g/mol. The number of methoxy groups -OCH3 is 3. The Morgan fingerprint density at radius 2 is 1.52 bits per heavy atom. The lowest BCUT2D eigenvalue weighted by Crippen LogP contribution is -2.52. The fraction of sp³-hybridized carbons (Fsp3) is 0.386. The van der Waals surface area contributed by atoms with Crippen molar-refractivity contribution >= 4 is 42.4 Å². The van der Waals surface area contributed by atoms with E-state index in [1.54, 1.807) is 55.4 Å². The molecule has 0 aliphatic carbocycles. The highest BCUT2D eigenvalue weighted by Gasteiger charge is 2.66. The van der Waals surface area contributed by atoms with E-state index >= 15 is 4.79 Å². The number of hydrogen-bond donors (Lipinski definition) is 2. The van der Waals surface area contributed by atoms with Crippen molar-refractivity contribution in [1.29, 1.82) is 0 Å². The first-order valence-corrected chi connectivity index (χ1v) is 22.3. The normalized spacial score (nSPS) is 23.0. The molecule has 2 N–H and O–H groups in total. The number of benzene rings is 4. The third-order valence-corrected chi connectivity index (χ3v) is 16.6. The molecule has 0 aromatic heterocycles. The van der Waals surface area contributed by atoms with Crippen LogP contribution < -0.4 is 29.6 Å². The third-order valence-electron chi connectivity index (χ3n) is 12.2. The van der Waals surface area contributed by atoms with E-state index in [9.17, 15) is 14.7 Å². The molecule has 56 heavy (non-hydrogen) atoms. The Hall–Kier alpha value is -5.17. The number of likely N-dealkylation sites (tertiary alicyclic amines) is 1. The topological polar surface area (TPSA) is 127 Å². The molecule has 0 saturated carbocycles. The zero-order valence-electron chi connectivity index (χ0n) is 32.9. The summed E-state index contributed by atoms with van der Waals surface area (Å²) >= 11 is 0. The highest BCUT2D eigenvalue weighted by molar-refractivity contribution is 6.91. The minimum atomic E-state index is -2.50. The van der Waals surface area contributed by atoms with Gasteiger partial charge in [-0.25, -0.2) is 0 Å². The monoisotopic (exact) mass is 777 g/mol. The van der Waals surface area contributed by atoms with Gasteiger partial charge < -0.3 is 39.2 Å². The Labute approximate surface area is 329 Å². The second-order valence-corrected chi connectivity index (χ2v) is 20.3. The number of carbonyl (C=O) groups excluding carboxylic acids is 3. The summed E-state index contributed by atoms with van der Waals surface area (Å²) in [5, 5.41) is 14.2. The van der Waals surface area contributed by atoms with Crippen LogP contribution in [-0.2, 0) is 26.5 Å².